The molecule has 0 unspecified atom stereocenters. The number of hydrogen-bond donors (Lipinski definition) is 1. The van der Waals surface area contributed by atoms with E-state index in [0.29, 0.717) is 15.2 Å². The topological polar surface area (TPSA) is 46.9 Å². The minimum atomic E-state index is -0.0919. The van der Waals surface area contributed by atoms with Crippen LogP contribution < -0.4 is 5.32 Å². The number of amides is 1. The van der Waals surface area contributed by atoms with Crippen LogP contribution in [0.4, 0.5) is 5.69 Å². The van der Waals surface area contributed by atoms with Gasteiger partial charge in [0.05, 0.1) is 27.7 Å². The molecule has 3 aromatic carbocycles. The standard InChI is InChI=1S/C24H19Cl2N3OS/c1-16-7-10-19(11-8-16)29-22(17-9-12-20(25)21(26)13-17)14-27-24(29)31-15-23(30)28-18-5-3-2-4-6-18/h2-14H,15H2,1H3,(H,28,30). The number of halogens is 2. The SMILES string of the molecule is Cc1ccc(-n2c(-c3ccc(Cl)c(Cl)c3)cnc2SCC(=O)Nc2ccccc2)cc1. The van der Waals surface area contributed by atoms with Gasteiger partial charge in [0.1, 0.15) is 0 Å². The van der Waals surface area contributed by atoms with Crippen molar-refractivity contribution >= 4 is 46.6 Å². The highest BCUT2D eigenvalue weighted by Gasteiger charge is 2.16. The van der Waals surface area contributed by atoms with Crippen LogP contribution in [0.1, 0.15) is 5.56 Å². The molecule has 0 spiro atoms. The third kappa shape index (κ3) is 5.13. The van der Waals surface area contributed by atoms with Gasteiger partial charge in [-0.2, -0.15) is 0 Å². The van der Waals surface area contributed by atoms with E-state index >= 15 is 0 Å². The van der Waals surface area contributed by atoms with Crippen molar-refractivity contribution in [3.63, 3.8) is 0 Å². The maximum atomic E-state index is 12.4. The fourth-order valence-corrected chi connectivity index (χ4v) is 4.18. The van der Waals surface area contributed by atoms with E-state index in [-0.39, 0.29) is 11.7 Å². The highest BCUT2D eigenvalue weighted by molar-refractivity contribution is 7.99. The first-order valence-corrected chi connectivity index (χ1v) is 11.3. The Balaban J connectivity index is 1.64. The molecule has 0 aliphatic rings. The Morgan fingerprint density at radius 3 is 2.45 bits per heavy atom. The summed E-state index contributed by atoms with van der Waals surface area (Å²) in [6.45, 7) is 2.04. The number of benzene rings is 3. The number of nitrogens with one attached hydrogen (secondary N) is 1. The van der Waals surface area contributed by atoms with Crippen molar-refractivity contribution in [3.05, 3.63) is 94.6 Å². The molecule has 31 heavy (non-hydrogen) atoms. The summed E-state index contributed by atoms with van der Waals surface area (Å²) in [5, 5.41) is 4.60. The minimum absolute atomic E-state index is 0.0919. The average Bonchev–Trinajstić information content (AvgIpc) is 3.19. The lowest BCUT2D eigenvalue weighted by Crippen LogP contribution is -2.14. The van der Waals surface area contributed by atoms with Crippen LogP contribution in [0, 0.1) is 6.92 Å². The van der Waals surface area contributed by atoms with Gasteiger partial charge in [0.2, 0.25) is 5.91 Å². The summed E-state index contributed by atoms with van der Waals surface area (Å²) >= 11 is 13.7. The molecule has 0 radical (unpaired) electrons. The molecule has 0 aliphatic carbocycles. The van der Waals surface area contributed by atoms with E-state index in [4.69, 9.17) is 23.2 Å². The van der Waals surface area contributed by atoms with Gasteiger partial charge in [0.15, 0.2) is 5.16 Å². The van der Waals surface area contributed by atoms with Gasteiger partial charge >= 0.3 is 0 Å². The predicted octanol–water partition coefficient (Wildman–Crippen LogP) is 6.89. The van der Waals surface area contributed by atoms with Crippen LogP contribution in [-0.2, 0) is 4.79 Å². The average molecular weight is 468 g/mol. The first kappa shape index (κ1) is 21.5. The molecule has 0 fully saturated rings. The van der Waals surface area contributed by atoms with Crippen molar-refractivity contribution in [2.75, 3.05) is 11.1 Å². The number of nitrogens with zero attached hydrogens (tertiary/aromatic N) is 2. The largest absolute Gasteiger partial charge is 0.325 e. The lowest BCUT2D eigenvalue weighted by atomic mass is 10.1. The number of imidazole rings is 1. The highest BCUT2D eigenvalue weighted by atomic mass is 35.5. The third-order valence-corrected chi connectivity index (χ3v) is 6.32. The van der Waals surface area contributed by atoms with Gasteiger partial charge in [-0.1, -0.05) is 76.9 Å². The Morgan fingerprint density at radius 1 is 1.00 bits per heavy atom. The first-order chi connectivity index (χ1) is 15.0. The van der Waals surface area contributed by atoms with Crippen LogP contribution >= 0.6 is 35.0 Å². The second-order valence-electron chi connectivity index (χ2n) is 6.93. The number of hydrogen-bond acceptors (Lipinski definition) is 3. The van der Waals surface area contributed by atoms with Crippen molar-refractivity contribution < 1.29 is 4.79 Å². The molecule has 0 saturated carbocycles. The van der Waals surface area contributed by atoms with Gasteiger partial charge < -0.3 is 5.32 Å². The third-order valence-electron chi connectivity index (χ3n) is 4.63. The summed E-state index contributed by atoms with van der Waals surface area (Å²) in [4.78, 5) is 17.0. The fraction of sp³-hybridized carbons (Fsp3) is 0.0833. The summed E-state index contributed by atoms with van der Waals surface area (Å²) in [7, 11) is 0. The van der Waals surface area contributed by atoms with Crippen molar-refractivity contribution in [2.24, 2.45) is 0 Å². The molecular weight excluding hydrogens is 449 g/mol. The Kier molecular flexibility index (Phi) is 6.66. The maximum Gasteiger partial charge on any atom is 0.234 e. The molecule has 0 saturated heterocycles. The van der Waals surface area contributed by atoms with E-state index in [1.807, 2.05) is 78.2 Å². The second kappa shape index (κ2) is 9.60. The van der Waals surface area contributed by atoms with Gasteiger partial charge in [-0.05, 0) is 43.3 Å². The maximum absolute atomic E-state index is 12.4. The molecule has 0 atom stereocenters. The van der Waals surface area contributed by atoms with Crippen molar-refractivity contribution in [3.8, 4) is 16.9 Å². The number of carbonyl (C=O) groups excluding carboxylic acids is 1. The smallest absolute Gasteiger partial charge is 0.234 e. The number of rotatable bonds is 6. The van der Waals surface area contributed by atoms with E-state index in [1.54, 1.807) is 12.3 Å². The highest BCUT2D eigenvalue weighted by Crippen LogP contribution is 2.33. The van der Waals surface area contributed by atoms with E-state index in [9.17, 15) is 4.79 Å². The van der Waals surface area contributed by atoms with Gasteiger partial charge in [-0.25, -0.2) is 4.98 Å². The monoisotopic (exact) mass is 467 g/mol. The van der Waals surface area contributed by atoms with Gasteiger partial charge in [0, 0.05) is 16.9 Å². The van der Waals surface area contributed by atoms with Crippen LogP contribution in [0.3, 0.4) is 0 Å². The van der Waals surface area contributed by atoms with Crippen molar-refractivity contribution in [1.82, 2.24) is 9.55 Å². The molecule has 1 aromatic heterocycles. The Bertz CT molecular complexity index is 1210. The minimum Gasteiger partial charge on any atom is -0.325 e. The molecule has 4 aromatic rings. The number of aryl methyl sites for hydroxylation is 1. The molecule has 1 amide bonds. The van der Waals surface area contributed by atoms with Crippen LogP contribution in [0.25, 0.3) is 16.9 Å². The molecule has 1 heterocycles. The summed E-state index contributed by atoms with van der Waals surface area (Å²) in [5.74, 6) is 0.143. The summed E-state index contributed by atoms with van der Waals surface area (Å²) in [6.07, 6.45) is 1.79. The van der Waals surface area contributed by atoms with Gasteiger partial charge in [0.25, 0.3) is 0 Å². The normalized spacial score (nSPS) is 10.8. The number of anilines is 1. The molecule has 0 aliphatic heterocycles. The quantitative estimate of drug-likeness (QED) is 0.314. The van der Waals surface area contributed by atoms with Crippen LogP contribution in [0.15, 0.2) is 84.1 Å². The summed E-state index contributed by atoms with van der Waals surface area (Å²) in [6, 6.07) is 23.1. The Labute approximate surface area is 195 Å². The molecule has 156 valence electrons. The fourth-order valence-electron chi connectivity index (χ4n) is 3.09. The van der Waals surface area contributed by atoms with Gasteiger partial charge in [-0.15, -0.1) is 0 Å². The lowest BCUT2D eigenvalue weighted by Gasteiger charge is -2.13. The zero-order valence-corrected chi connectivity index (χ0v) is 19.0. The number of para-hydroxylation sites is 1. The number of carbonyl (C=O) groups is 1. The van der Waals surface area contributed by atoms with E-state index in [0.717, 1.165) is 28.2 Å². The zero-order chi connectivity index (χ0) is 21.8. The Hall–Kier alpha value is -2.73. The van der Waals surface area contributed by atoms with Crippen LogP contribution in [0.5, 0.6) is 0 Å². The van der Waals surface area contributed by atoms with Crippen molar-refractivity contribution in [1.29, 1.82) is 0 Å². The van der Waals surface area contributed by atoms with E-state index in [1.165, 1.54) is 11.8 Å². The van der Waals surface area contributed by atoms with Gasteiger partial charge in [-0.3, -0.25) is 9.36 Å². The molecule has 4 nitrogen and oxygen atoms in total. The lowest BCUT2D eigenvalue weighted by molar-refractivity contribution is -0.113. The molecule has 7 heteroatoms. The predicted molar refractivity (Wildman–Crippen MR) is 130 cm³/mol. The Morgan fingerprint density at radius 2 is 1.74 bits per heavy atom. The zero-order valence-electron chi connectivity index (χ0n) is 16.7. The van der Waals surface area contributed by atoms with E-state index in [2.05, 4.69) is 10.3 Å². The van der Waals surface area contributed by atoms with Crippen LogP contribution in [0.2, 0.25) is 10.0 Å². The first-order valence-electron chi connectivity index (χ1n) is 9.59. The summed E-state index contributed by atoms with van der Waals surface area (Å²) < 4.78 is 2.03. The molecule has 1 N–H and O–H groups in total. The van der Waals surface area contributed by atoms with Crippen LogP contribution in [-0.4, -0.2) is 21.2 Å². The van der Waals surface area contributed by atoms with Crippen molar-refractivity contribution in [2.45, 2.75) is 12.1 Å². The number of aromatic nitrogens is 2. The number of thioether (sulfide) groups is 1. The second-order valence-corrected chi connectivity index (χ2v) is 8.69. The summed E-state index contributed by atoms with van der Waals surface area (Å²) in [5.41, 5.74) is 4.65. The van der Waals surface area contributed by atoms with E-state index < -0.39 is 0 Å². The molecule has 0 bridgehead atoms. The molecular formula is C24H19Cl2N3OS. The molecule has 4 rings (SSSR count).